The van der Waals surface area contributed by atoms with E-state index in [0.717, 1.165) is 54.4 Å². The molecule has 3 aromatic rings. The van der Waals surface area contributed by atoms with Gasteiger partial charge in [-0.3, -0.25) is 4.90 Å². The zero-order valence-corrected chi connectivity index (χ0v) is 21.9. The number of aromatic nitrogens is 2. The smallest absolute Gasteiger partial charge is 0.233 e. The van der Waals surface area contributed by atoms with Gasteiger partial charge in [0.1, 0.15) is 16.4 Å². The van der Waals surface area contributed by atoms with E-state index in [9.17, 15) is 0 Å². The molecule has 0 radical (unpaired) electrons. The fourth-order valence-corrected chi connectivity index (χ4v) is 5.28. The number of methoxy groups -OCH3 is 2. The number of hydrogen-bond donors (Lipinski definition) is 2. The fraction of sp³-hybridized carbons (Fsp3) is 0.385. The topological polar surface area (TPSA) is 88.8 Å². The lowest BCUT2D eigenvalue weighted by atomic mass is 10.0. The molecule has 36 heavy (non-hydrogen) atoms. The van der Waals surface area contributed by atoms with Crippen molar-refractivity contribution in [2.45, 2.75) is 35.2 Å². The van der Waals surface area contributed by atoms with Gasteiger partial charge in [-0.15, -0.1) is 0 Å². The Labute approximate surface area is 216 Å². The summed E-state index contributed by atoms with van der Waals surface area (Å²) in [5.74, 6) is 1.89. The van der Waals surface area contributed by atoms with Crippen molar-refractivity contribution in [1.82, 2.24) is 14.9 Å². The second-order valence-corrected chi connectivity index (χ2v) is 9.83. The molecular weight excluding hydrogens is 479 g/mol. The van der Waals surface area contributed by atoms with Crippen LogP contribution in [0.5, 0.6) is 11.5 Å². The summed E-state index contributed by atoms with van der Waals surface area (Å²) in [5.41, 5.74) is 7.63. The van der Waals surface area contributed by atoms with Gasteiger partial charge in [-0.1, -0.05) is 11.8 Å². The van der Waals surface area contributed by atoms with E-state index in [1.54, 1.807) is 33.4 Å². The number of nitrogens with zero attached hydrogens (tertiary/aromatic N) is 4. The summed E-state index contributed by atoms with van der Waals surface area (Å²) in [6, 6.07) is 13.6. The average Bonchev–Trinajstić information content (AvgIpc) is 2.90. The van der Waals surface area contributed by atoms with Gasteiger partial charge in [-0.05, 0) is 54.8 Å². The predicted molar refractivity (Wildman–Crippen MR) is 143 cm³/mol. The number of benzene rings is 2. The molecule has 1 fully saturated rings. The number of ether oxygens (including phenoxy) is 2. The maximum atomic E-state index is 15.1. The number of piperidine rings is 1. The van der Waals surface area contributed by atoms with Gasteiger partial charge in [-0.2, -0.15) is 14.4 Å². The number of hydrogen-bond acceptors (Lipinski definition) is 9. The molecule has 1 aromatic heterocycles. The monoisotopic (exact) mass is 512 g/mol. The quantitative estimate of drug-likeness (QED) is 0.318. The molecule has 1 aliphatic rings. The maximum absolute atomic E-state index is 15.1. The van der Waals surface area contributed by atoms with Crippen molar-refractivity contribution in [3.63, 3.8) is 0 Å². The first-order chi connectivity index (χ1) is 17.4. The van der Waals surface area contributed by atoms with E-state index in [1.165, 1.54) is 11.8 Å². The molecule has 0 bridgehead atoms. The van der Waals surface area contributed by atoms with Crippen LogP contribution in [0.4, 0.5) is 21.8 Å². The van der Waals surface area contributed by atoms with Gasteiger partial charge in [-0.25, -0.2) is 0 Å². The number of anilines is 3. The van der Waals surface area contributed by atoms with Crippen LogP contribution in [0.3, 0.4) is 0 Å². The SMILES string of the molecule is CNc1nc(F)c(Sc2ccc(N)cc2)c(N(C)C2CCN(Cc3cc(OC)cc(OC)c3)CC2)n1. The maximum Gasteiger partial charge on any atom is 0.233 e. The van der Waals surface area contributed by atoms with Crippen LogP contribution in [-0.4, -0.2) is 62.3 Å². The number of nitrogen functional groups attached to an aromatic ring is 1. The molecule has 3 N–H and O–H groups in total. The van der Waals surface area contributed by atoms with E-state index >= 15 is 4.39 Å². The zero-order valence-electron chi connectivity index (χ0n) is 21.1. The van der Waals surface area contributed by atoms with Crippen molar-refractivity contribution in [2.75, 3.05) is 57.4 Å². The summed E-state index contributed by atoms with van der Waals surface area (Å²) in [6.07, 6.45) is 1.87. The fourth-order valence-electron chi connectivity index (χ4n) is 4.36. The average molecular weight is 513 g/mol. The van der Waals surface area contributed by atoms with Gasteiger partial charge in [0.2, 0.25) is 11.9 Å². The minimum Gasteiger partial charge on any atom is -0.497 e. The van der Waals surface area contributed by atoms with Gasteiger partial charge in [0.25, 0.3) is 0 Å². The highest BCUT2D eigenvalue weighted by Gasteiger charge is 2.27. The Balaban J connectivity index is 1.48. The molecule has 1 saturated heterocycles. The number of rotatable bonds is 9. The molecule has 8 nitrogen and oxygen atoms in total. The lowest BCUT2D eigenvalue weighted by Crippen LogP contribution is -2.43. The van der Waals surface area contributed by atoms with Crippen LogP contribution in [0.2, 0.25) is 0 Å². The van der Waals surface area contributed by atoms with Crippen LogP contribution in [0.25, 0.3) is 0 Å². The Morgan fingerprint density at radius 2 is 1.72 bits per heavy atom. The molecule has 10 heteroatoms. The minimum absolute atomic E-state index is 0.228. The molecule has 0 spiro atoms. The standard InChI is InChI=1S/C26H33FN6O2S/c1-29-26-30-24(27)23(36-22-7-5-18(28)6-8-22)25(31-26)32(2)19-9-11-33(12-10-19)16-17-13-20(34-3)15-21(14-17)35-4/h5-8,13-15,19H,9-12,16,28H2,1-4H3,(H,29,30,31). The van der Waals surface area contributed by atoms with Crippen molar-refractivity contribution in [1.29, 1.82) is 0 Å². The first-order valence-electron chi connectivity index (χ1n) is 11.9. The molecule has 0 amide bonds. The van der Waals surface area contributed by atoms with E-state index in [2.05, 4.69) is 25.1 Å². The van der Waals surface area contributed by atoms with Crippen LogP contribution in [-0.2, 0) is 6.54 Å². The first kappa shape index (κ1) is 25.8. The van der Waals surface area contributed by atoms with Crippen molar-refractivity contribution >= 4 is 29.2 Å². The van der Waals surface area contributed by atoms with E-state index < -0.39 is 5.95 Å². The zero-order chi connectivity index (χ0) is 25.7. The van der Waals surface area contributed by atoms with Crippen LogP contribution < -0.4 is 25.4 Å². The molecule has 2 heterocycles. The molecule has 0 aliphatic carbocycles. The summed E-state index contributed by atoms with van der Waals surface area (Å²) < 4.78 is 25.9. The van der Waals surface area contributed by atoms with Gasteiger partial charge in [0.15, 0.2) is 5.82 Å². The first-order valence-corrected chi connectivity index (χ1v) is 12.7. The largest absolute Gasteiger partial charge is 0.497 e. The van der Waals surface area contributed by atoms with Crippen LogP contribution in [0, 0.1) is 5.95 Å². The van der Waals surface area contributed by atoms with Crippen molar-refractivity contribution < 1.29 is 13.9 Å². The third kappa shape index (κ3) is 6.11. The Bertz CT molecular complexity index is 1150. The summed E-state index contributed by atoms with van der Waals surface area (Å²) >= 11 is 1.31. The van der Waals surface area contributed by atoms with Crippen molar-refractivity contribution in [3.8, 4) is 11.5 Å². The Hall–Kier alpha value is -3.24. The Kier molecular flexibility index (Phi) is 8.37. The number of nitrogens with two attached hydrogens (primary N) is 1. The van der Waals surface area contributed by atoms with Crippen LogP contribution in [0.15, 0.2) is 52.3 Å². The third-order valence-corrected chi connectivity index (χ3v) is 7.45. The van der Waals surface area contributed by atoms with Crippen LogP contribution in [0.1, 0.15) is 18.4 Å². The highest BCUT2D eigenvalue weighted by atomic mass is 32.2. The van der Waals surface area contributed by atoms with E-state index in [0.29, 0.717) is 16.4 Å². The number of nitrogens with one attached hydrogen (secondary N) is 1. The van der Waals surface area contributed by atoms with E-state index in [1.807, 2.05) is 37.4 Å². The summed E-state index contributed by atoms with van der Waals surface area (Å²) in [7, 11) is 7.00. The molecule has 1 aliphatic heterocycles. The van der Waals surface area contributed by atoms with E-state index in [-0.39, 0.29) is 12.0 Å². The summed E-state index contributed by atoms with van der Waals surface area (Å²) in [6.45, 7) is 2.65. The number of halogens is 1. The molecule has 4 rings (SSSR count). The van der Waals surface area contributed by atoms with Gasteiger partial charge >= 0.3 is 0 Å². The van der Waals surface area contributed by atoms with Crippen LogP contribution >= 0.6 is 11.8 Å². The minimum atomic E-state index is -0.539. The van der Waals surface area contributed by atoms with Gasteiger partial charge < -0.3 is 25.4 Å². The number of likely N-dealkylation sites (tertiary alicyclic amines) is 1. The molecule has 192 valence electrons. The lowest BCUT2D eigenvalue weighted by Gasteiger charge is -2.38. The van der Waals surface area contributed by atoms with Crippen molar-refractivity contribution in [3.05, 3.63) is 54.0 Å². The molecular formula is C26H33FN6O2S. The summed E-state index contributed by atoms with van der Waals surface area (Å²) in [4.78, 5) is 14.4. The Morgan fingerprint density at radius 1 is 1.08 bits per heavy atom. The molecule has 0 unspecified atom stereocenters. The molecule has 0 saturated carbocycles. The molecule has 2 aromatic carbocycles. The van der Waals surface area contributed by atoms with Crippen molar-refractivity contribution in [2.24, 2.45) is 0 Å². The predicted octanol–water partition coefficient (Wildman–Crippen LogP) is 4.51. The van der Waals surface area contributed by atoms with Gasteiger partial charge in [0.05, 0.1) is 14.2 Å². The van der Waals surface area contributed by atoms with Gasteiger partial charge in [0, 0.05) is 56.4 Å². The molecule has 0 atom stereocenters. The lowest BCUT2D eigenvalue weighted by molar-refractivity contribution is 0.202. The second kappa shape index (κ2) is 11.7. The second-order valence-electron chi connectivity index (χ2n) is 8.75. The highest BCUT2D eigenvalue weighted by molar-refractivity contribution is 7.99. The normalized spacial score (nSPS) is 14.5. The third-order valence-electron chi connectivity index (χ3n) is 6.39. The van der Waals surface area contributed by atoms with E-state index in [4.69, 9.17) is 15.2 Å². The highest BCUT2D eigenvalue weighted by Crippen LogP contribution is 2.38. The summed E-state index contributed by atoms with van der Waals surface area (Å²) in [5, 5.41) is 2.87. The Morgan fingerprint density at radius 3 is 2.31 bits per heavy atom.